The van der Waals surface area contributed by atoms with Crippen molar-refractivity contribution in [2.75, 3.05) is 13.2 Å². The Labute approximate surface area is 114 Å². The van der Waals surface area contributed by atoms with Crippen LogP contribution in [-0.4, -0.2) is 25.1 Å². The molecule has 1 aliphatic carbocycles. The monoisotopic (exact) mass is 262 g/mol. The average molecular weight is 262 g/mol. The maximum atomic E-state index is 11.6. The Kier molecular flexibility index (Phi) is 4.80. The summed E-state index contributed by atoms with van der Waals surface area (Å²) in [6, 6.07) is 7.89. The van der Waals surface area contributed by atoms with Gasteiger partial charge in [0.1, 0.15) is 5.75 Å². The summed E-state index contributed by atoms with van der Waals surface area (Å²) in [5.41, 5.74) is 7.17. The predicted octanol–water partition coefficient (Wildman–Crippen LogP) is 1.48. The first-order chi connectivity index (χ1) is 9.19. The van der Waals surface area contributed by atoms with Crippen LogP contribution in [0.4, 0.5) is 0 Å². The molecule has 0 aliphatic heterocycles. The molecule has 1 unspecified atom stereocenters. The minimum absolute atomic E-state index is 0.0445. The molecule has 3 N–H and O–H groups in total. The van der Waals surface area contributed by atoms with Crippen molar-refractivity contribution in [3.63, 3.8) is 0 Å². The quantitative estimate of drug-likeness (QED) is 0.782. The maximum absolute atomic E-state index is 11.6. The average Bonchev–Trinajstić information content (AvgIpc) is 3.27. The first-order valence-electron chi connectivity index (χ1n) is 6.93. The fourth-order valence-corrected chi connectivity index (χ4v) is 1.94. The summed E-state index contributed by atoms with van der Waals surface area (Å²) in [6.07, 6.45) is 3.38. The standard InChI is InChI=1S/C15H22N2O2/c1-2-11-3-7-13(8-4-11)19-10-15(18)17-9-14(16)12-5-6-12/h3-4,7-8,12,14H,2,5-6,9-10,16H2,1H3,(H,17,18). The van der Waals surface area contributed by atoms with Gasteiger partial charge in [-0.3, -0.25) is 4.79 Å². The molecule has 1 aliphatic rings. The summed E-state index contributed by atoms with van der Waals surface area (Å²) in [5.74, 6) is 1.21. The van der Waals surface area contributed by atoms with Crippen molar-refractivity contribution in [3.05, 3.63) is 29.8 Å². The van der Waals surface area contributed by atoms with E-state index in [9.17, 15) is 4.79 Å². The third-order valence-electron chi connectivity index (χ3n) is 3.46. The number of hydrogen-bond donors (Lipinski definition) is 2. The third kappa shape index (κ3) is 4.56. The van der Waals surface area contributed by atoms with Crippen LogP contribution in [0.1, 0.15) is 25.3 Å². The molecule has 0 bridgehead atoms. The fraction of sp³-hybridized carbons (Fsp3) is 0.533. The number of hydrogen-bond acceptors (Lipinski definition) is 3. The van der Waals surface area contributed by atoms with Gasteiger partial charge in [-0.2, -0.15) is 0 Å². The highest BCUT2D eigenvalue weighted by atomic mass is 16.5. The summed E-state index contributed by atoms with van der Waals surface area (Å²) in [5, 5.41) is 2.81. The molecule has 1 atom stereocenters. The van der Waals surface area contributed by atoms with Crippen molar-refractivity contribution in [1.82, 2.24) is 5.32 Å². The number of nitrogens with one attached hydrogen (secondary N) is 1. The lowest BCUT2D eigenvalue weighted by Crippen LogP contribution is -2.40. The zero-order valence-corrected chi connectivity index (χ0v) is 11.4. The van der Waals surface area contributed by atoms with E-state index >= 15 is 0 Å². The number of rotatable bonds is 7. The Balaban J connectivity index is 1.67. The van der Waals surface area contributed by atoms with Crippen LogP contribution in [0.15, 0.2) is 24.3 Å². The molecule has 104 valence electrons. The normalized spacial score (nSPS) is 15.9. The zero-order chi connectivity index (χ0) is 13.7. The summed E-state index contributed by atoms with van der Waals surface area (Å²) in [7, 11) is 0. The van der Waals surface area contributed by atoms with E-state index in [4.69, 9.17) is 10.5 Å². The van der Waals surface area contributed by atoms with Gasteiger partial charge in [0.2, 0.25) is 0 Å². The van der Waals surface area contributed by atoms with Gasteiger partial charge < -0.3 is 15.8 Å². The van der Waals surface area contributed by atoms with Gasteiger partial charge >= 0.3 is 0 Å². The second-order valence-corrected chi connectivity index (χ2v) is 5.09. The predicted molar refractivity (Wildman–Crippen MR) is 75.0 cm³/mol. The van der Waals surface area contributed by atoms with E-state index in [0.717, 1.165) is 12.2 Å². The van der Waals surface area contributed by atoms with Crippen LogP contribution in [0.2, 0.25) is 0 Å². The lowest BCUT2D eigenvalue weighted by molar-refractivity contribution is -0.123. The Morgan fingerprint density at radius 3 is 2.68 bits per heavy atom. The molecule has 1 saturated carbocycles. The van der Waals surface area contributed by atoms with E-state index in [1.54, 1.807) is 0 Å². The molecule has 1 aromatic rings. The van der Waals surface area contributed by atoms with Gasteiger partial charge in [0.05, 0.1) is 0 Å². The van der Waals surface area contributed by atoms with Crippen LogP contribution in [0.25, 0.3) is 0 Å². The molecule has 4 heteroatoms. The smallest absolute Gasteiger partial charge is 0.257 e. The Bertz CT molecular complexity index is 413. The van der Waals surface area contributed by atoms with E-state index in [1.807, 2.05) is 24.3 Å². The second-order valence-electron chi connectivity index (χ2n) is 5.09. The van der Waals surface area contributed by atoms with Crippen LogP contribution in [0.3, 0.4) is 0 Å². The zero-order valence-electron chi connectivity index (χ0n) is 11.4. The van der Waals surface area contributed by atoms with Gasteiger partial charge in [-0.05, 0) is 42.9 Å². The number of aryl methyl sites for hydroxylation is 1. The second kappa shape index (κ2) is 6.57. The summed E-state index contributed by atoms with van der Waals surface area (Å²) >= 11 is 0. The molecule has 0 radical (unpaired) electrons. The number of carbonyl (C=O) groups is 1. The van der Waals surface area contributed by atoms with Gasteiger partial charge in [-0.1, -0.05) is 19.1 Å². The number of carbonyl (C=O) groups excluding carboxylic acids is 1. The summed E-state index contributed by atoms with van der Waals surface area (Å²) < 4.78 is 5.42. The minimum Gasteiger partial charge on any atom is -0.484 e. The van der Waals surface area contributed by atoms with E-state index < -0.39 is 0 Å². The van der Waals surface area contributed by atoms with Crippen molar-refractivity contribution in [3.8, 4) is 5.75 Å². The molecule has 0 aromatic heterocycles. The van der Waals surface area contributed by atoms with Crippen molar-refractivity contribution in [2.45, 2.75) is 32.2 Å². The van der Waals surface area contributed by atoms with Gasteiger partial charge in [0.15, 0.2) is 6.61 Å². The molecule has 1 aromatic carbocycles. The van der Waals surface area contributed by atoms with Crippen LogP contribution < -0.4 is 15.8 Å². The molecule has 1 fully saturated rings. The highest BCUT2D eigenvalue weighted by Crippen LogP contribution is 2.31. The molecule has 19 heavy (non-hydrogen) atoms. The fourth-order valence-electron chi connectivity index (χ4n) is 1.94. The van der Waals surface area contributed by atoms with Crippen molar-refractivity contribution in [2.24, 2.45) is 11.7 Å². The number of amides is 1. The maximum Gasteiger partial charge on any atom is 0.257 e. The lowest BCUT2D eigenvalue weighted by atomic mass is 10.2. The molecule has 1 amide bonds. The Hall–Kier alpha value is -1.55. The SMILES string of the molecule is CCc1ccc(OCC(=O)NCC(N)C2CC2)cc1. The molecular weight excluding hydrogens is 240 g/mol. The highest BCUT2D eigenvalue weighted by molar-refractivity contribution is 5.77. The summed E-state index contributed by atoms with van der Waals surface area (Å²) in [6.45, 7) is 2.69. The van der Waals surface area contributed by atoms with Crippen LogP contribution in [0.5, 0.6) is 5.75 Å². The highest BCUT2D eigenvalue weighted by Gasteiger charge is 2.28. The Morgan fingerprint density at radius 1 is 1.42 bits per heavy atom. The van der Waals surface area contributed by atoms with Crippen molar-refractivity contribution >= 4 is 5.91 Å². The van der Waals surface area contributed by atoms with Gasteiger partial charge in [-0.25, -0.2) is 0 Å². The lowest BCUT2D eigenvalue weighted by Gasteiger charge is -2.12. The minimum atomic E-state index is -0.115. The number of benzene rings is 1. The number of ether oxygens (including phenoxy) is 1. The van der Waals surface area contributed by atoms with E-state index in [1.165, 1.54) is 18.4 Å². The van der Waals surface area contributed by atoms with Crippen LogP contribution in [-0.2, 0) is 11.2 Å². The first kappa shape index (κ1) is 13.9. The third-order valence-corrected chi connectivity index (χ3v) is 3.46. The van der Waals surface area contributed by atoms with E-state index in [2.05, 4.69) is 12.2 Å². The van der Waals surface area contributed by atoms with Crippen molar-refractivity contribution in [1.29, 1.82) is 0 Å². The van der Waals surface area contributed by atoms with Gasteiger partial charge in [0, 0.05) is 12.6 Å². The van der Waals surface area contributed by atoms with E-state index in [0.29, 0.717) is 12.5 Å². The van der Waals surface area contributed by atoms with E-state index in [-0.39, 0.29) is 18.6 Å². The number of nitrogens with two attached hydrogens (primary N) is 1. The summed E-state index contributed by atoms with van der Waals surface area (Å²) in [4.78, 5) is 11.6. The molecule has 4 nitrogen and oxygen atoms in total. The molecule has 0 saturated heterocycles. The Morgan fingerprint density at radius 2 is 2.11 bits per heavy atom. The van der Waals surface area contributed by atoms with Crippen molar-refractivity contribution < 1.29 is 9.53 Å². The topological polar surface area (TPSA) is 64.3 Å². The molecular formula is C15H22N2O2. The van der Waals surface area contributed by atoms with Gasteiger partial charge in [0.25, 0.3) is 5.91 Å². The first-order valence-corrected chi connectivity index (χ1v) is 6.93. The van der Waals surface area contributed by atoms with Gasteiger partial charge in [-0.15, -0.1) is 0 Å². The molecule has 0 heterocycles. The largest absolute Gasteiger partial charge is 0.484 e. The van der Waals surface area contributed by atoms with Crippen LogP contribution >= 0.6 is 0 Å². The molecule has 2 rings (SSSR count). The van der Waals surface area contributed by atoms with Crippen LogP contribution in [0, 0.1) is 5.92 Å². The molecule has 0 spiro atoms.